The van der Waals surface area contributed by atoms with Crippen LogP contribution >= 0.6 is 11.3 Å². The van der Waals surface area contributed by atoms with Crippen molar-refractivity contribution in [1.82, 2.24) is 10.1 Å². The standard InChI is InChI=1S/C19H12FN3O2S/c20-14-8-4-7-13(9-14)15-10-17(25-23-15)18(24)22-19-21-16(11-26-19)12-5-2-1-3-6-12/h1-11H,(H,21,22,24). The number of carbonyl (C=O) groups is 1. The zero-order valence-corrected chi connectivity index (χ0v) is 14.2. The normalized spacial score (nSPS) is 10.7. The second-order valence-electron chi connectivity index (χ2n) is 5.44. The number of hydrogen-bond acceptors (Lipinski definition) is 5. The van der Waals surface area contributed by atoms with Crippen LogP contribution in [-0.2, 0) is 0 Å². The summed E-state index contributed by atoms with van der Waals surface area (Å²) in [6, 6.07) is 17.1. The lowest BCUT2D eigenvalue weighted by Crippen LogP contribution is -2.10. The van der Waals surface area contributed by atoms with Gasteiger partial charge in [0, 0.05) is 22.6 Å². The number of rotatable bonds is 4. The van der Waals surface area contributed by atoms with Crippen LogP contribution in [0.15, 0.2) is 70.6 Å². The molecule has 5 nitrogen and oxygen atoms in total. The predicted molar refractivity (Wildman–Crippen MR) is 97.4 cm³/mol. The van der Waals surface area contributed by atoms with Crippen LogP contribution in [0.25, 0.3) is 22.5 Å². The number of nitrogens with zero attached hydrogens (tertiary/aromatic N) is 2. The number of hydrogen-bond donors (Lipinski definition) is 1. The number of thiazole rings is 1. The maximum atomic E-state index is 13.3. The molecule has 2 aromatic heterocycles. The third-order valence-electron chi connectivity index (χ3n) is 3.65. The second kappa shape index (κ2) is 6.89. The zero-order chi connectivity index (χ0) is 17.9. The van der Waals surface area contributed by atoms with Crippen molar-refractivity contribution < 1.29 is 13.7 Å². The van der Waals surface area contributed by atoms with Gasteiger partial charge in [-0.15, -0.1) is 11.3 Å². The average molecular weight is 365 g/mol. The van der Waals surface area contributed by atoms with Gasteiger partial charge >= 0.3 is 0 Å². The molecule has 0 spiro atoms. The molecule has 0 aliphatic rings. The van der Waals surface area contributed by atoms with E-state index in [0.717, 1.165) is 11.3 Å². The molecule has 128 valence electrons. The van der Waals surface area contributed by atoms with E-state index in [-0.39, 0.29) is 11.6 Å². The first-order chi connectivity index (χ1) is 12.7. The topological polar surface area (TPSA) is 68.0 Å². The minimum absolute atomic E-state index is 0.0284. The first-order valence-electron chi connectivity index (χ1n) is 7.74. The van der Waals surface area contributed by atoms with Crippen LogP contribution in [0.1, 0.15) is 10.6 Å². The van der Waals surface area contributed by atoms with E-state index >= 15 is 0 Å². The van der Waals surface area contributed by atoms with E-state index < -0.39 is 5.91 Å². The van der Waals surface area contributed by atoms with E-state index in [9.17, 15) is 9.18 Å². The van der Waals surface area contributed by atoms with Crippen LogP contribution in [0.4, 0.5) is 9.52 Å². The van der Waals surface area contributed by atoms with Gasteiger partial charge in [-0.2, -0.15) is 0 Å². The maximum Gasteiger partial charge on any atom is 0.296 e. The fourth-order valence-electron chi connectivity index (χ4n) is 2.40. The first-order valence-corrected chi connectivity index (χ1v) is 8.62. The number of benzene rings is 2. The van der Waals surface area contributed by atoms with E-state index in [0.29, 0.717) is 16.4 Å². The summed E-state index contributed by atoms with van der Waals surface area (Å²) in [5.41, 5.74) is 2.67. The van der Waals surface area contributed by atoms with Gasteiger partial charge in [-0.25, -0.2) is 9.37 Å². The fraction of sp³-hybridized carbons (Fsp3) is 0. The number of anilines is 1. The van der Waals surface area contributed by atoms with Crippen molar-refractivity contribution in [2.75, 3.05) is 5.32 Å². The molecule has 4 aromatic rings. The van der Waals surface area contributed by atoms with Crippen molar-refractivity contribution in [3.05, 3.63) is 77.6 Å². The molecular formula is C19H12FN3O2S. The lowest BCUT2D eigenvalue weighted by molar-refractivity contribution is 0.0988. The summed E-state index contributed by atoms with van der Waals surface area (Å²) in [7, 11) is 0. The SMILES string of the molecule is O=C(Nc1nc(-c2ccccc2)cs1)c1cc(-c2cccc(F)c2)no1. The Morgan fingerprint density at radius 3 is 2.62 bits per heavy atom. The Morgan fingerprint density at radius 1 is 1.00 bits per heavy atom. The molecule has 0 unspecified atom stereocenters. The van der Waals surface area contributed by atoms with Crippen molar-refractivity contribution >= 4 is 22.4 Å². The first kappa shape index (κ1) is 16.2. The molecular weight excluding hydrogens is 353 g/mol. The molecule has 4 rings (SSSR count). The Hall–Kier alpha value is -3.32. The molecule has 2 heterocycles. The highest BCUT2D eigenvalue weighted by Gasteiger charge is 2.16. The summed E-state index contributed by atoms with van der Waals surface area (Å²) in [5, 5.41) is 8.83. The minimum Gasteiger partial charge on any atom is -0.350 e. The van der Waals surface area contributed by atoms with Crippen LogP contribution < -0.4 is 5.32 Å². The largest absolute Gasteiger partial charge is 0.350 e. The van der Waals surface area contributed by atoms with Crippen LogP contribution in [0.2, 0.25) is 0 Å². The van der Waals surface area contributed by atoms with E-state index in [1.807, 2.05) is 35.7 Å². The second-order valence-corrected chi connectivity index (χ2v) is 6.30. The predicted octanol–water partition coefficient (Wildman–Crippen LogP) is 4.86. The van der Waals surface area contributed by atoms with Gasteiger partial charge in [-0.1, -0.05) is 47.6 Å². The van der Waals surface area contributed by atoms with E-state index in [1.54, 1.807) is 12.1 Å². The average Bonchev–Trinajstić information content (AvgIpc) is 3.32. The van der Waals surface area contributed by atoms with Gasteiger partial charge in [0.15, 0.2) is 5.13 Å². The maximum absolute atomic E-state index is 13.3. The molecule has 0 atom stereocenters. The number of aromatic nitrogens is 2. The Labute approximate surface area is 152 Å². The van der Waals surface area contributed by atoms with Crippen molar-refractivity contribution in [2.45, 2.75) is 0 Å². The smallest absolute Gasteiger partial charge is 0.296 e. The van der Waals surface area contributed by atoms with Gasteiger partial charge in [-0.05, 0) is 12.1 Å². The molecule has 1 N–H and O–H groups in total. The van der Waals surface area contributed by atoms with Crippen molar-refractivity contribution in [3.63, 3.8) is 0 Å². The van der Waals surface area contributed by atoms with Gasteiger partial charge in [-0.3, -0.25) is 10.1 Å². The lowest BCUT2D eigenvalue weighted by atomic mass is 10.1. The Morgan fingerprint density at radius 2 is 1.81 bits per heavy atom. The highest BCUT2D eigenvalue weighted by Crippen LogP contribution is 2.25. The minimum atomic E-state index is -0.464. The van der Waals surface area contributed by atoms with Crippen molar-refractivity contribution in [3.8, 4) is 22.5 Å². The number of carbonyl (C=O) groups excluding carboxylic acids is 1. The number of amides is 1. The molecule has 0 aliphatic carbocycles. The third kappa shape index (κ3) is 3.38. The highest BCUT2D eigenvalue weighted by molar-refractivity contribution is 7.14. The quantitative estimate of drug-likeness (QED) is 0.561. The van der Waals surface area contributed by atoms with Crippen LogP contribution in [0.5, 0.6) is 0 Å². The summed E-state index contributed by atoms with van der Waals surface area (Å²) < 4.78 is 18.4. The van der Waals surface area contributed by atoms with Gasteiger partial charge in [0.1, 0.15) is 11.5 Å². The van der Waals surface area contributed by atoms with Gasteiger partial charge in [0.05, 0.1) is 5.69 Å². The molecule has 0 bridgehead atoms. The van der Waals surface area contributed by atoms with Crippen LogP contribution in [-0.4, -0.2) is 16.0 Å². The number of halogens is 1. The summed E-state index contributed by atoms with van der Waals surface area (Å²) in [4.78, 5) is 16.7. The molecule has 0 saturated heterocycles. The molecule has 0 aliphatic heterocycles. The monoisotopic (exact) mass is 365 g/mol. The fourth-order valence-corrected chi connectivity index (χ4v) is 3.11. The van der Waals surface area contributed by atoms with Gasteiger partial charge in [0.25, 0.3) is 5.91 Å². The summed E-state index contributed by atoms with van der Waals surface area (Å²) in [5.74, 6) is -0.817. The van der Waals surface area contributed by atoms with Crippen LogP contribution in [0, 0.1) is 5.82 Å². The molecule has 0 fully saturated rings. The Kier molecular flexibility index (Phi) is 4.28. The Bertz CT molecular complexity index is 1060. The van der Waals surface area contributed by atoms with E-state index in [1.165, 1.54) is 29.5 Å². The van der Waals surface area contributed by atoms with Gasteiger partial charge < -0.3 is 4.52 Å². The number of nitrogens with one attached hydrogen (secondary N) is 1. The van der Waals surface area contributed by atoms with Gasteiger partial charge in [0.2, 0.25) is 5.76 Å². The van der Waals surface area contributed by atoms with E-state index in [2.05, 4.69) is 15.5 Å². The van der Waals surface area contributed by atoms with Crippen LogP contribution in [0.3, 0.4) is 0 Å². The Balaban J connectivity index is 1.50. The highest BCUT2D eigenvalue weighted by atomic mass is 32.1. The molecule has 7 heteroatoms. The summed E-state index contributed by atoms with van der Waals surface area (Å²) in [6.07, 6.45) is 0. The van der Waals surface area contributed by atoms with Crippen molar-refractivity contribution in [2.24, 2.45) is 0 Å². The van der Waals surface area contributed by atoms with E-state index in [4.69, 9.17) is 4.52 Å². The molecule has 1 amide bonds. The molecule has 2 aromatic carbocycles. The summed E-state index contributed by atoms with van der Waals surface area (Å²) >= 11 is 1.32. The third-order valence-corrected chi connectivity index (χ3v) is 4.41. The lowest BCUT2D eigenvalue weighted by Gasteiger charge is -1.97. The summed E-state index contributed by atoms with van der Waals surface area (Å²) in [6.45, 7) is 0. The molecule has 26 heavy (non-hydrogen) atoms. The molecule has 0 radical (unpaired) electrons. The zero-order valence-electron chi connectivity index (χ0n) is 13.3. The van der Waals surface area contributed by atoms with Crippen molar-refractivity contribution in [1.29, 1.82) is 0 Å². The molecule has 0 saturated carbocycles.